The summed E-state index contributed by atoms with van der Waals surface area (Å²) in [5.74, 6) is 0.487. The number of likely N-dealkylation sites (tertiary alicyclic amines) is 1. The summed E-state index contributed by atoms with van der Waals surface area (Å²) in [6.07, 6.45) is 3.10. The molecule has 1 aliphatic heterocycles. The molecule has 7 nitrogen and oxygen atoms in total. The van der Waals surface area contributed by atoms with Gasteiger partial charge in [0, 0.05) is 27.2 Å². The molecule has 1 aromatic carbocycles. The van der Waals surface area contributed by atoms with Crippen molar-refractivity contribution in [3.05, 3.63) is 47.8 Å². The van der Waals surface area contributed by atoms with E-state index in [2.05, 4.69) is 15.5 Å². The number of carbonyl (C=O) groups is 1. The number of benzene rings is 1. The molecule has 0 unspecified atom stereocenters. The monoisotopic (exact) mass is 347 g/mol. The van der Waals surface area contributed by atoms with Crippen molar-refractivity contribution in [3.8, 4) is 0 Å². The van der Waals surface area contributed by atoms with Crippen molar-refractivity contribution in [1.82, 2.24) is 25.0 Å². The van der Waals surface area contributed by atoms with Gasteiger partial charge in [-0.25, -0.2) is 9.18 Å². The highest BCUT2D eigenvalue weighted by Crippen LogP contribution is 2.30. The van der Waals surface area contributed by atoms with Gasteiger partial charge in [-0.2, -0.15) is 0 Å². The van der Waals surface area contributed by atoms with Gasteiger partial charge >= 0.3 is 6.03 Å². The zero-order chi connectivity index (χ0) is 17.8. The third-order valence-corrected chi connectivity index (χ3v) is 4.52. The van der Waals surface area contributed by atoms with E-state index in [1.807, 2.05) is 11.6 Å². The number of hydrogen-bond donors (Lipinski definition) is 1. The largest absolute Gasteiger partial charge is 0.375 e. The van der Waals surface area contributed by atoms with Crippen LogP contribution in [-0.4, -0.2) is 45.9 Å². The lowest BCUT2D eigenvalue weighted by Gasteiger charge is -2.25. The van der Waals surface area contributed by atoms with E-state index in [9.17, 15) is 9.18 Å². The molecule has 1 N–H and O–H groups in total. The molecule has 1 aliphatic rings. The molecule has 2 atom stereocenters. The van der Waals surface area contributed by atoms with Gasteiger partial charge in [-0.3, -0.25) is 0 Å². The fraction of sp³-hybridized carbons (Fsp3) is 0.471. The Bertz CT molecular complexity index is 718. The summed E-state index contributed by atoms with van der Waals surface area (Å²) in [6.45, 7) is 0.987. The summed E-state index contributed by atoms with van der Waals surface area (Å²) in [7, 11) is 3.44. The lowest BCUT2D eigenvalue weighted by atomic mass is 10.1. The summed E-state index contributed by atoms with van der Waals surface area (Å²) >= 11 is 0. The molecule has 2 aromatic rings. The zero-order valence-electron chi connectivity index (χ0n) is 14.4. The van der Waals surface area contributed by atoms with Crippen LogP contribution in [0.1, 0.15) is 36.4 Å². The van der Waals surface area contributed by atoms with Crippen LogP contribution < -0.4 is 5.32 Å². The summed E-state index contributed by atoms with van der Waals surface area (Å²) in [4.78, 5) is 14.4. The molecule has 134 valence electrons. The van der Waals surface area contributed by atoms with Gasteiger partial charge in [-0.15, -0.1) is 10.2 Å². The highest BCUT2D eigenvalue weighted by Gasteiger charge is 2.33. The molecule has 3 rings (SSSR count). The van der Waals surface area contributed by atoms with E-state index in [0.717, 1.165) is 24.2 Å². The number of amides is 2. The highest BCUT2D eigenvalue weighted by molar-refractivity contribution is 5.75. The Morgan fingerprint density at radius 1 is 1.44 bits per heavy atom. The minimum atomic E-state index is -0.333. The van der Waals surface area contributed by atoms with Crippen molar-refractivity contribution in [2.75, 3.05) is 20.2 Å². The Hall–Kier alpha value is -2.48. The first-order valence-electron chi connectivity index (χ1n) is 8.26. The lowest BCUT2D eigenvalue weighted by molar-refractivity contribution is 0.101. The second kappa shape index (κ2) is 7.60. The Morgan fingerprint density at radius 2 is 2.20 bits per heavy atom. The molecule has 2 heterocycles. The normalized spacial score (nSPS) is 18.4. The average molecular weight is 347 g/mol. The first-order valence-corrected chi connectivity index (χ1v) is 8.26. The smallest absolute Gasteiger partial charge is 0.318 e. The number of carbonyl (C=O) groups excluding carboxylic acids is 1. The van der Waals surface area contributed by atoms with Crippen molar-refractivity contribution in [2.24, 2.45) is 7.05 Å². The second-order valence-corrected chi connectivity index (χ2v) is 6.11. The fourth-order valence-electron chi connectivity index (χ4n) is 3.17. The number of rotatable bonds is 5. The molecule has 2 amide bonds. The lowest BCUT2D eigenvalue weighted by Crippen LogP contribution is -2.41. The number of halogens is 1. The standard InChI is InChI=1S/C17H22FN5O2/c1-22-11-20-21-16(22)14-4-3-9-23(14)17(24)19-10-15(25-2)12-5-7-13(18)8-6-12/h5-8,11,14-15H,3-4,9-10H2,1-2H3,(H,19,24)/t14-,15+/m0/s1. The van der Waals surface area contributed by atoms with Crippen LogP contribution in [0.25, 0.3) is 0 Å². The van der Waals surface area contributed by atoms with E-state index in [0.29, 0.717) is 13.1 Å². The number of methoxy groups -OCH3 is 1. The van der Waals surface area contributed by atoms with Gasteiger partial charge in [0.15, 0.2) is 5.82 Å². The molecule has 1 saturated heterocycles. The third kappa shape index (κ3) is 3.79. The van der Waals surface area contributed by atoms with E-state index >= 15 is 0 Å². The number of ether oxygens (including phenoxy) is 1. The molecule has 1 fully saturated rings. The Kier molecular flexibility index (Phi) is 5.28. The predicted octanol–water partition coefficient (Wildman–Crippen LogP) is 2.19. The van der Waals surface area contributed by atoms with Crippen LogP contribution in [0.3, 0.4) is 0 Å². The quantitative estimate of drug-likeness (QED) is 0.900. The Labute approximate surface area is 145 Å². The predicted molar refractivity (Wildman–Crippen MR) is 89.2 cm³/mol. The van der Waals surface area contributed by atoms with Crippen LogP contribution >= 0.6 is 0 Å². The van der Waals surface area contributed by atoms with Gasteiger partial charge in [-0.05, 0) is 30.5 Å². The van der Waals surface area contributed by atoms with Gasteiger partial charge in [0.1, 0.15) is 12.1 Å². The van der Waals surface area contributed by atoms with Crippen LogP contribution in [0.15, 0.2) is 30.6 Å². The average Bonchev–Trinajstić information content (AvgIpc) is 3.25. The number of hydrogen-bond acceptors (Lipinski definition) is 4. The van der Waals surface area contributed by atoms with Crippen molar-refractivity contribution >= 4 is 6.03 Å². The van der Waals surface area contributed by atoms with Crippen LogP contribution in [0.4, 0.5) is 9.18 Å². The van der Waals surface area contributed by atoms with E-state index < -0.39 is 0 Å². The van der Waals surface area contributed by atoms with Gasteiger partial charge in [0.2, 0.25) is 0 Å². The minimum absolute atomic E-state index is 0.0701. The van der Waals surface area contributed by atoms with E-state index in [-0.39, 0.29) is 24.0 Å². The highest BCUT2D eigenvalue weighted by atomic mass is 19.1. The Morgan fingerprint density at radius 3 is 2.84 bits per heavy atom. The van der Waals surface area contributed by atoms with Gasteiger partial charge in [0.25, 0.3) is 0 Å². The number of nitrogens with one attached hydrogen (secondary N) is 1. The fourth-order valence-corrected chi connectivity index (χ4v) is 3.17. The van der Waals surface area contributed by atoms with Crippen molar-refractivity contribution in [1.29, 1.82) is 0 Å². The molecule has 0 bridgehead atoms. The zero-order valence-corrected chi connectivity index (χ0v) is 14.4. The number of aromatic nitrogens is 3. The summed E-state index contributed by atoms with van der Waals surface area (Å²) in [5, 5.41) is 10.9. The van der Waals surface area contributed by atoms with E-state index in [4.69, 9.17) is 4.74 Å². The van der Waals surface area contributed by atoms with Crippen molar-refractivity contribution in [3.63, 3.8) is 0 Å². The van der Waals surface area contributed by atoms with Crippen molar-refractivity contribution < 1.29 is 13.9 Å². The molecule has 0 spiro atoms. The molecule has 8 heteroatoms. The molecular formula is C17H22FN5O2. The van der Waals surface area contributed by atoms with Crippen LogP contribution in [-0.2, 0) is 11.8 Å². The first-order chi connectivity index (χ1) is 12.1. The summed E-state index contributed by atoms with van der Waals surface area (Å²) in [6, 6.07) is 5.86. The molecule has 0 aliphatic carbocycles. The van der Waals surface area contributed by atoms with Crippen LogP contribution in [0, 0.1) is 5.82 Å². The SMILES string of the molecule is CO[C@H](CNC(=O)N1CCC[C@H]1c1nncn1C)c1ccc(F)cc1. The number of nitrogens with zero attached hydrogens (tertiary/aromatic N) is 4. The summed E-state index contributed by atoms with van der Waals surface area (Å²) < 4.78 is 20.3. The first kappa shape index (κ1) is 17.3. The minimum Gasteiger partial charge on any atom is -0.375 e. The van der Waals surface area contributed by atoms with Crippen LogP contribution in [0.2, 0.25) is 0 Å². The van der Waals surface area contributed by atoms with Crippen molar-refractivity contribution in [2.45, 2.75) is 25.0 Å². The molecule has 25 heavy (non-hydrogen) atoms. The van der Waals surface area contributed by atoms with Crippen LogP contribution in [0.5, 0.6) is 0 Å². The maximum absolute atomic E-state index is 13.1. The number of aryl methyl sites for hydroxylation is 1. The Balaban J connectivity index is 1.63. The topological polar surface area (TPSA) is 72.3 Å². The third-order valence-electron chi connectivity index (χ3n) is 4.52. The van der Waals surface area contributed by atoms with Gasteiger partial charge < -0.3 is 19.5 Å². The van der Waals surface area contributed by atoms with E-state index in [1.54, 1.807) is 30.5 Å². The summed E-state index contributed by atoms with van der Waals surface area (Å²) in [5.41, 5.74) is 0.815. The molecule has 1 aromatic heterocycles. The molecule has 0 saturated carbocycles. The number of urea groups is 1. The van der Waals surface area contributed by atoms with E-state index in [1.165, 1.54) is 12.1 Å². The maximum atomic E-state index is 13.1. The van der Waals surface area contributed by atoms with Gasteiger partial charge in [0.05, 0.1) is 12.1 Å². The second-order valence-electron chi connectivity index (χ2n) is 6.11. The van der Waals surface area contributed by atoms with Gasteiger partial charge in [-0.1, -0.05) is 12.1 Å². The molecular weight excluding hydrogens is 325 g/mol. The molecule has 0 radical (unpaired) electrons. The maximum Gasteiger partial charge on any atom is 0.318 e.